The average molecular weight is 360 g/mol. The first-order chi connectivity index (χ1) is 13.1. The minimum atomic E-state index is -0.245. The fourth-order valence-corrected chi connectivity index (χ4v) is 2.89. The summed E-state index contributed by atoms with van der Waals surface area (Å²) in [6.07, 6.45) is 3.72. The SMILES string of the molecule is CC(C)NC(=O)Nc1ccc2nc(-c3ccc[nH]3)c(-c3ccc[nH]3)nc2c1. The molecule has 0 aliphatic heterocycles. The molecule has 4 N–H and O–H groups in total. The number of hydrogen-bond donors (Lipinski definition) is 4. The number of anilines is 1. The van der Waals surface area contributed by atoms with Gasteiger partial charge in [-0.1, -0.05) is 0 Å². The molecule has 0 saturated heterocycles. The highest BCUT2D eigenvalue weighted by Crippen LogP contribution is 2.29. The van der Waals surface area contributed by atoms with Gasteiger partial charge >= 0.3 is 6.03 Å². The van der Waals surface area contributed by atoms with Crippen molar-refractivity contribution < 1.29 is 4.79 Å². The van der Waals surface area contributed by atoms with Crippen LogP contribution in [0.5, 0.6) is 0 Å². The molecular weight excluding hydrogens is 340 g/mol. The van der Waals surface area contributed by atoms with E-state index >= 15 is 0 Å². The van der Waals surface area contributed by atoms with E-state index in [-0.39, 0.29) is 12.1 Å². The Labute approximate surface area is 156 Å². The van der Waals surface area contributed by atoms with Gasteiger partial charge in [0.25, 0.3) is 0 Å². The van der Waals surface area contributed by atoms with Crippen molar-refractivity contribution in [2.75, 3.05) is 5.32 Å². The lowest BCUT2D eigenvalue weighted by atomic mass is 10.1. The van der Waals surface area contributed by atoms with Crippen LogP contribution in [0.2, 0.25) is 0 Å². The molecule has 7 heteroatoms. The van der Waals surface area contributed by atoms with Crippen LogP contribution >= 0.6 is 0 Å². The molecule has 4 rings (SSSR count). The van der Waals surface area contributed by atoms with Crippen molar-refractivity contribution in [3.05, 3.63) is 54.9 Å². The van der Waals surface area contributed by atoms with Crippen LogP contribution in [-0.4, -0.2) is 32.0 Å². The van der Waals surface area contributed by atoms with E-state index in [0.29, 0.717) is 11.2 Å². The molecule has 3 heterocycles. The monoisotopic (exact) mass is 360 g/mol. The molecule has 136 valence electrons. The third-order valence-corrected chi connectivity index (χ3v) is 4.05. The Hall–Kier alpha value is -3.61. The van der Waals surface area contributed by atoms with Crippen molar-refractivity contribution in [1.29, 1.82) is 0 Å². The summed E-state index contributed by atoms with van der Waals surface area (Å²) in [6, 6.07) is 13.1. The Morgan fingerprint density at radius 1 is 0.926 bits per heavy atom. The molecule has 0 bridgehead atoms. The average Bonchev–Trinajstić information content (AvgIpc) is 3.33. The van der Waals surface area contributed by atoms with Gasteiger partial charge in [0.2, 0.25) is 0 Å². The van der Waals surface area contributed by atoms with Crippen LogP contribution in [0, 0.1) is 0 Å². The summed E-state index contributed by atoms with van der Waals surface area (Å²) >= 11 is 0. The third-order valence-electron chi connectivity index (χ3n) is 4.05. The summed E-state index contributed by atoms with van der Waals surface area (Å²) in [5.74, 6) is 0. The molecule has 0 unspecified atom stereocenters. The number of carbonyl (C=O) groups excluding carboxylic acids is 1. The summed E-state index contributed by atoms with van der Waals surface area (Å²) in [6.45, 7) is 3.83. The Morgan fingerprint density at radius 2 is 1.56 bits per heavy atom. The number of aromatic amines is 2. The number of hydrogen-bond acceptors (Lipinski definition) is 3. The molecule has 0 aliphatic rings. The first kappa shape index (κ1) is 16.8. The van der Waals surface area contributed by atoms with Crippen LogP contribution < -0.4 is 10.6 Å². The number of rotatable bonds is 4. The molecule has 0 fully saturated rings. The van der Waals surface area contributed by atoms with Crippen LogP contribution in [0.1, 0.15) is 13.8 Å². The number of fused-ring (bicyclic) bond motifs is 1. The number of benzene rings is 1. The highest BCUT2D eigenvalue weighted by atomic mass is 16.2. The highest BCUT2D eigenvalue weighted by Gasteiger charge is 2.15. The second-order valence-electron chi connectivity index (χ2n) is 6.55. The Morgan fingerprint density at radius 3 is 2.11 bits per heavy atom. The Bertz CT molecular complexity index is 1070. The maximum atomic E-state index is 12.0. The van der Waals surface area contributed by atoms with E-state index in [4.69, 9.17) is 9.97 Å². The van der Waals surface area contributed by atoms with Gasteiger partial charge in [0.15, 0.2) is 0 Å². The number of nitrogens with zero attached hydrogens (tertiary/aromatic N) is 2. The molecule has 3 aromatic heterocycles. The summed E-state index contributed by atoms with van der Waals surface area (Å²) in [5.41, 5.74) is 5.42. The van der Waals surface area contributed by atoms with E-state index in [1.165, 1.54) is 0 Å². The zero-order valence-electron chi connectivity index (χ0n) is 15.1. The number of nitrogens with one attached hydrogen (secondary N) is 4. The smallest absolute Gasteiger partial charge is 0.319 e. The van der Waals surface area contributed by atoms with E-state index in [1.807, 2.05) is 68.7 Å². The van der Waals surface area contributed by atoms with Crippen LogP contribution in [0.25, 0.3) is 33.8 Å². The quantitative estimate of drug-likeness (QED) is 0.440. The van der Waals surface area contributed by atoms with Gasteiger partial charge < -0.3 is 20.6 Å². The van der Waals surface area contributed by atoms with Gasteiger partial charge in [-0.15, -0.1) is 0 Å². The van der Waals surface area contributed by atoms with Crippen molar-refractivity contribution in [3.8, 4) is 22.8 Å². The van der Waals surface area contributed by atoms with Crippen LogP contribution in [-0.2, 0) is 0 Å². The maximum Gasteiger partial charge on any atom is 0.319 e. The summed E-state index contributed by atoms with van der Waals surface area (Å²) in [4.78, 5) is 28.0. The van der Waals surface area contributed by atoms with Crippen LogP contribution in [0.15, 0.2) is 54.9 Å². The van der Waals surface area contributed by atoms with E-state index in [9.17, 15) is 4.79 Å². The lowest BCUT2D eigenvalue weighted by Crippen LogP contribution is -2.34. The fourth-order valence-electron chi connectivity index (χ4n) is 2.89. The zero-order chi connectivity index (χ0) is 18.8. The number of aromatic nitrogens is 4. The fraction of sp³-hybridized carbons (Fsp3) is 0.150. The number of amides is 2. The van der Waals surface area contributed by atoms with Crippen molar-refractivity contribution >= 4 is 22.8 Å². The summed E-state index contributed by atoms with van der Waals surface area (Å²) in [5, 5.41) is 5.64. The van der Waals surface area contributed by atoms with E-state index in [2.05, 4.69) is 20.6 Å². The molecular formula is C20H20N6O. The van der Waals surface area contributed by atoms with Crippen molar-refractivity contribution in [2.45, 2.75) is 19.9 Å². The van der Waals surface area contributed by atoms with E-state index in [1.54, 1.807) is 0 Å². The molecule has 27 heavy (non-hydrogen) atoms. The van der Waals surface area contributed by atoms with E-state index < -0.39 is 0 Å². The van der Waals surface area contributed by atoms with E-state index in [0.717, 1.165) is 28.3 Å². The maximum absolute atomic E-state index is 12.0. The number of carbonyl (C=O) groups is 1. The second-order valence-corrected chi connectivity index (χ2v) is 6.55. The molecule has 0 aliphatic carbocycles. The van der Waals surface area contributed by atoms with Gasteiger partial charge in [0.05, 0.1) is 22.4 Å². The topological polar surface area (TPSA) is 98.5 Å². The standard InChI is InChI=1S/C20H20N6O/c1-12(2)23-20(27)24-13-7-8-14-17(11-13)26-19(16-6-4-10-22-16)18(25-14)15-5-3-9-21-15/h3-12,21-22H,1-2H3,(H2,23,24,27). The molecule has 4 aromatic rings. The normalized spacial score (nSPS) is 11.1. The van der Waals surface area contributed by atoms with Gasteiger partial charge in [-0.2, -0.15) is 0 Å². The van der Waals surface area contributed by atoms with Gasteiger partial charge in [-0.3, -0.25) is 0 Å². The minimum absolute atomic E-state index is 0.0630. The highest BCUT2D eigenvalue weighted by molar-refractivity contribution is 5.93. The largest absolute Gasteiger partial charge is 0.360 e. The first-order valence-electron chi connectivity index (χ1n) is 8.77. The van der Waals surface area contributed by atoms with Crippen molar-refractivity contribution in [1.82, 2.24) is 25.3 Å². The summed E-state index contributed by atoms with van der Waals surface area (Å²) in [7, 11) is 0. The van der Waals surface area contributed by atoms with Crippen molar-refractivity contribution in [3.63, 3.8) is 0 Å². The lowest BCUT2D eigenvalue weighted by Gasteiger charge is -2.12. The Kier molecular flexibility index (Phi) is 4.33. The molecule has 2 amide bonds. The van der Waals surface area contributed by atoms with Gasteiger partial charge in [-0.05, 0) is 56.3 Å². The molecule has 0 radical (unpaired) electrons. The number of urea groups is 1. The molecule has 7 nitrogen and oxygen atoms in total. The third kappa shape index (κ3) is 3.52. The predicted octanol–water partition coefficient (Wildman–Crippen LogP) is 4.15. The Balaban J connectivity index is 1.78. The lowest BCUT2D eigenvalue weighted by molar-refractivity contribution is 0.250. The zero-order valence-corrected chi connectivity index (χ0v) is 15.1. The number of H-pyrrole nitrogens is 2. The molecule has 1 aromatic carbocycles. The summed E-state index contributed by atoms with van der Waals surface area (Å²) < 4.78 is 0. The van der Waals surface area contributed by atoms with Gasteiger partial charge in [0.1, 0.15) is 11.4 Å². The second kappa shape index (κ2) is 6.95. The van der Waals surface area contributed by atoms with Crippen molar-refractivity contribution in [2.24, 2.45) is 0 Å². The first-order valence-corrected chi connectivity index (χ1v) is 8.77. The molecule has 0 atom stereocenters. The van der Waals surface area contributed by atoms with Crippen LogP contribution in [0.4, 0.5) is 10.5 Å². The van der Waals surface area contributed by atoms with Gasteiger partial charge in [-0.25, -0.2) is 14.8 Å². The van der Waals surface area contributed by atoms with Gasteiger partial charge in [0, 0.05) is 24.1 Å². The van der Waals surface area contributed by atoms with Crippen LogP contribution in [0.3, 0.4) is 0 Å². The molecule has 0 saturated carbocycles. The predicted molar refractivity (Wildman–Crippen MR) is 106 cm³/mol. The molecule has 0 spiro atoms. The minimum Gasteiger partial charge on any atom is -0.360 e.